The SMILES string of the molecule is C=S1Cc2cc(C3CCCCC3)cc(C3CCCCC3)c2OC(C)(C)Oc2c(cc(C3CCCCC3)cc2C2CCCCC2)CS(=C)C2CCCCCCC21. The van der Waals surface area contributed by atoms with Crippen molar-refractivity contribution in [3.8, 4) is 11.5 Å². The van der Waals surface area contributed by atoms with Crippen LogP contribution in [0, 0.1) is 0 Å². The van der Waals surface area contributed by atoms with Crippen LogP contribution < -0.4 is 9.47 Å². The maximum Gasteiger partial charge on any atom is 0.245 e. The molecule has 5 fully saturated rings. The highest BCUT2D eigenvalue weighted by molar-refractivity contribution is 8.17. The number of rotatable bonds is 4. The van der Waals surface area contributed by atoms with Gasteiger partial charge in [0.05, 0.1) is 0 Å². The summed E-state index contributed by atoms with van der Waals surface area (Å²) in [6, 6.07) is 10.6. The number of benzene rings is 2. The van der Waals surface area contributed by atoms with Crippen molar-refractivity contribution in [3.05, 3.63) is 57.6 Å². The van der Waals surface area contributed by atoms with Gasteiger partial charge in [0.2, 0.25) is 5.79 Å². The fourth-order valence-electron chi connectivity index (χ4n) is 12.0. The van der Waals surface area contributed by atoms with Crippen molar-refractivity contribution in [2.75, 3.05) is 0 Å². The molecule has 0 radical (unpaired) electrons. The summed E-state index contributed by atoms with van der Waals surface area (Å²) in [5.41, 5.74) is 9.12. The normalized spacial score (nSPS) is 29.7. The zero-order valence-electron chi connectivity index (χ0n) is 35.1. The summed E-state index contributed by atoms with van der Waals surface area (Å²) in [6.07, 6.45) is 35.0. The molecule has 8 rings (SSSR count). The third-order valence-electron chi connectivity index (χ3n) is 15.1. The van der Waals surface area contributed by atoms with E-state index in [1.807, 2.05) is 0 Å². The van der Waals surface area contributed by atoms with Crippen molar-refractivity contribution in [3.63, 3.8) is 0 Å². The van der Waals surface area contributed by atoms with Crippen LogP contribution in [0.3, 0.4) is 0 Å². The van der Waals surface area contributed by atoms with Gasteiger partial charge < -0.3 is 9.47 Å². The third kappa shape index (κ3) is 9.69. The maximum atomic E-state index is 7.57. The molecule has 6 aliphatic rings. The molecule has 0 saturated heterocycles. The minimum Gasteiger partial charge on any atom is -0.452 e. The van der Waals surface area contributed by atoms with Crippen molar-refractivity contribution in [2.24, 2.45) is 0 Å². The van der Waals surface area contributed by atoms with E-state index in [1.165, 1.54) is 201 Å². The largest absolute Gasteiger partial charge is 0.452 e. The monoisotopic (exact) mass is 785 g/mol. The first-order valence-electron chi connectivity index (χ1n) is 23.5. The van der Waals surface area contributed by atoms with E-state index in [0.29, 0.717) is 34.2 Å². The molecule has 0 spiro atoms. The fraction of sp³-hybridized carbons (Fsp3) is 0.725. The van der Waals surface area contributed by atoms with Crippen molar-refractivity contribution in [1.82, 2.24) is 0 Å². The smallest absolute Gasteiger partial charge is 0.245 e. The van der Waals surface area contributed by atoms with Gasteiger partial charge in [-0.1, -0.05) is 139 Å². The molecule has 0 N–H and O–H groups in total. The number of ether oxygens (including phenoxy) is 2. The Kier molecular flexibility index (Phi) is 13.6. The molecule has 2 aromatic rings. The van der Waals surface area contributed by atoms with E-state index in [0.717, 1.165) is 11.5 Å². The van der Waals surface area contributed by atoms with E-state index < -0.39 is 5.79 Å². The summed E-state index contributed by atoms with van der Waals surface area (Å²) in [4.78, 5) is 0. The topological polar surface area (TPSA) is 18.5 Å². The molecule has 2 nitrogen and oxygen atoms in total. The Hall–Kier alpha value is -1.52. The van der Waals surface area contributed by atoms with E-state index in [4.69, 9.17) is 21.2 Å². The van der Waals surface area contributed by atoms with E-state index in [2.05, 4.69) is 38.1 Å². The predicted molar refractivity (Wildman–Crippen MR) is 244 cm³/mol. The lowest BCUT2D eigenvalue weighted by Crippen LogP contribution is -2.37. The Bertz CT molecular complexity index is 1510. The second kappa shape index (κ2) is 18.6. The third-order valence-corrected chi connectivity index (χ3v) is 19.4. The number of hydrogen-bond donors (Lipinski definition) is 0. The lowest BCUT2D eigenvalue weighted by Gasteiger charge is -2.36. The summed E-state index contributed by atoms with van der Waals surface area (Å²) in [6.45, 7) is 4.48. The lowest BCUT2D eigenvalue weighted by atomic mass is 9.78. The Morgan fingerprint density at radius 2 is 0.745 bits per heavy atom. The van der Waals surface area contributed by atoms with Crippen molar-refractivity contribution < 1.29 is 9.47 Å². The van der Waals surface area contributed by atoms with Crippen LogP contribution in [0.4, 0.5) is 0 Å². The van der Waals surface area contributed by atoms with Gasteiger partial charge >= 0.3 is 0 Å². The Morgan fingerprint density at radius 1 is 0.436 bits per heavy atom. The van der Waals surface area contributed by atoms with E-state index in [1.54, 1.807) is 11.1 Å². The molecular formula is C51H76O2S2. The second-order valence-electron chi connectivity index (χ2n) is 19.6. The van der Waals surface area contributed by atoms with Crippen LogP contribution in [0.1, 0.15) is 238 Å². The zero-order chi connectivity index (χ0) is 37.8. The summed E-state index contributed by atoms with van der Waals surface area (Å²) < 4.78 is 15.1. The Morgan fingerprint density at radius 3 is 1.11 bits per heavy atom. The quantitative estimate of drug-likeness (QED) is 0.288. The standard InChI is InChI=1S/C51H76O2S2/c1-51(2)52-49-43(31-41(37-21-11-7-12-22-37)33-45(49)39-25-15-9-16-26-39)35-54(3)47-29-19-5-6-20-30-48(47)55(4)36-44-32-42(38-23-13-8-14-24-38)34-46(50(44)53-51)40-27-17-10-18-28-40/h31-34,37-40,47-48H,3-30,35-36H2,1-2H3. The van der Waals surface area contributed by atoms with Gasteiger partial charge in [-0.25, -0.2) is 0 Å². The van der Waals surface area contributed by atoms with Gasteiger partial charge in [-0.3, -0.25) is 0 Å². The van der Waals surface area contributed by atoms with Crippen molar-refractivity contribution in [2.45, 2.75) is 232 Å². The molecule has 0 bridgehead atoms. The molecule has 4 unspecified atom stereocenters. The maximum absolute atomic E-state index is 7.57. The van der Waals surface area contributed by atoms with Crippen LogP contribution in [0.5, 0.6) is 11.5 Å². The lowest BCUT2D eigenvalue weighted by molar-refractivity contribution is -0.0834. The first-order valence-corrected chi connectivity index (χ1v) is 26.8. The molecule has 4 heteroatoms. The van der Waals surface area contributed by atoms with Crippen LogP contribution >= 0.6 is 21.0 Å². The molecule has 5 aliphatic carbocycles. The van der Waals surface area contributed by atoms with Gasteiger partial charge in [-0.2, -0.15) is 21.0 Å². The zero-order valence-corrected chi connectivity index (χ0v) is 36.8. The van der Waals surface area contributed by atoms with Gasteiger partial charge in [-0.05, 0) is 110 Å². The van der Waals surface area contributed by atoms with Gasteiger partial charge in [0.25, 0.3) is 0 Å². The molecule has 304 valence electrons. The minimum atomic E-state index is -0.801. The summed E-state index contributed by atoms with van der Waals surface area (Å²) in [5, 5.41) is 1.26. The molecule has 1 heterocycles. The van der Waals surface area contributed by atoms with Crippen molar-refractivity contribution in [1.29, 1.82) is 0 Å². The average Bonchev–Trinajstić information content (AvgIpc) is 3.20. The average molecular weight is 785 g/mol. The highest BCUT2D eigenvalue weighted by Gasteiger charge is 2.36. The number of fused-ring (bicyclic) bond motifs is 3. The Balaban J connectivity index is 1.29. The molecule has 4 atom stereocenters. The first kappa shape index (κ1) is 40.3. The molecule has 2 aromatic carbocycles. The summed E-state index contributed by atoms with van der Waals surface area (Å²) >= 11 is 0. The van der Waals surface area contributed by atoms with Crippen LogP contribution in [0.2, 0.25) is 0 Å². The summed E-state index contributed by atoms with van der Waals surface area (Å²) in [7, 11) is -0.00665. The van der Waals surface area contributed by atoms with Crippen LogP contribution in [0.15, 0.2) is 24.3 Å². The molecule has 0 amide bonds. The minimum absolute atomic E-state index is 0.00333. The van der Waals surface area contributed by atoms with Crippen LogP contribution in [0.25, 0.3) is 0 Å². The first-order chi connectivity index (χ1) is 26.8. The van der Waals surface area contributed by atoms with Gasteiger partial charge in [-0.15, -0.1) is 0 Å². The molecule has 5 saturated carbocycles. The summed E-state index contributed by atoms with van der Waals surface area (Å²) in [5.74, 6) is 16.5. The molecule has 1 aliphatic heterocycles. The molecule has 55 heavy (non-hydrogen) atoms. The highest BCUT2D eigenvalue weighted by atomic mass is 32.2. The van der Waals surface area contributed by atoms with Crippen LogP contribution in [-0.4, -0.2) is 28.0 Å². The van der Waals surface area contributed by atoms with E-state index >= 15 is 0 Å². The van der Waals surface area contributed by atoms with Gasteiger partial charge in [0, 0.05) is 47.0 Å². The van der Waals surface area contributed by atoms with Gasteiger partial charge in [0.15, 0.2) is 0 Å². The number of hydrogen-bond acceptors (Lipinski definition) is 2. The second-order valence-corrected chi connectivity index (χ2v) is 23.5. The predicted octanol–water partition coefficient (Wildman–Crippen LogP) is 15.6. The highest BCUT2D eigenvalue weighted by Crippen LogP contribution is 2.51. The Labute approximate surface area is 342 Å². The fourth-order valence-corrected chi connectivity index (χ4v) is 16.8. The van der Waals surface area contributed by atoms with Gasteiger partial charge in [0.1, 0.15) is 11.5 Å². The molecular weight excluding hydrogens is 709 g/mol. The van der Waals surface area contributed by atoms with Crippen LogP contribution in [-0.2, 0) is 11.5 Å². The van der Waals surface area contributed by atoms with E-state index in [-0.39, 0.29) is 21.0 Å². The van der Waals surface area contributed by atoms with E-state index in [9.17, 15) is 0 Å². The molecule has 0 aromatic heterocycles. The van der Waals surface area contributed by atoms with Crippen molar-refractivity contribution >= 4 is 32.7 Å².